The Morgan fingerprint density at radius 1 is 0.963 bits per heavy atom. The quantitative estimate of drug-likeness (QED) is 0.782. The number of carbonyl (C=O) groups excluding carboxylic acids is 2. The number of ether oxygens (including phenoxy) is 2. The Balaban J connectivity index is 1.51. The zero-order valence-electron chi connectivity index (χ0n) is 14.0. The van der Waals surface area contributed by atoms with Crippen molar-refractivity contribution in [2.75, 3.05) is 25.1 Å². The molecule has 3 rings (SSSR count). The van der Waals surface area contributed by atoms with E-state index in [1.807, 2.05) is 0 Å². The number of fused-ring (bicyclic) bond motifs is 1. The van der Waals surface area contributed by atoms with Crippen molar-refractivity contribution in [1.82, 2.24) is 5.32 Å². The van der Waals surface area contributed by atoms with Crippen molar-refractivity contribution in [3.63, 3.8) is 0 Å². The highest BCUT2D eigenvalue weighted by atomic mass is 19.2. The number of carbonyl (C=O) groups is 2. The highest BCUT2D eigenvalue weighted by Gasteiger charge is 2.19. The maximum Gasteiger partial charge on any atom is 0.254 e. The van der Waals surface area contributed by atoms with E-state index in [1.165, 1.54) is 0 Å². The number of amides is 2. The van der Waals surface area contributed by atoms with Gasteiger partial charge in [-0.05, 0) is 24.3 Å². The largest absolute Gasteiger partial charge is 0.486 e. The van der Waals surface area contributed by atoms with Gasteiger partial charge in [0, 0.05) is 24.7 Å². The highest BCUT2D eigenvalue weighted by molar-refractivity contribution is 5.95. The fourth-order valence-corrected chi connectivity index (χ4v) is 2.43. The Morgan fingerprint density at radius 3 is 2.48 bits per heavy atom. The van der Waals surface area contributed by atoms with Gasteiger partial charge in [0.15, 0.2) is 29.0 Å². The lowest BCUT2D eigenvalue weighted by atomic mass is 10.2. The summed E-state index contributed by atoms with van der Waals surface area (Å²) in [6.45, 7) is 0.752. The molecule has 1 aliphatic heterocycles. The minimum atomic E-state index is -1.72. The van der Waals surface area contributed by atoms with Crippen molar-refractivity contribution in [2.24, 2.45) is 0 Å². The molecular weight excluding hydrogens is 365 g/mol. The predicted octanol–water partition coefficient (Wildman–Crippen LogP) is 2.63. The third-order valence-electron chi connectivity index (χ3n) is 3.74. The van der Waals surface area contributed by atoms with Crippen LogP contribution in [-0.2, 0) is 4.79 Å². The number of rotatable bonds is 5. The number of nitrogens with one attached hydrogen (secondary N) is 2. The zero-order chi connectivity index (χ0) is 19.4. The molecule has 0 aliphatic carbocycles. The normalized spacial score (nSPS) is 12.4. The average molecular weight is 380 g/mol. The second-order valence-corrected chi connectivity index (χ2v) is 5.64. The molecule has 0 bridgehead atoms. The number of halogens is 3. The molecule has 0 radical (unpaired) electrons. The monoisotopic (exact) mass is 380 g/mol. The van der Waals surface area contributed by atoms with E-state index >= 15 is 0 Å². The summed E-state index contributed by atoms with van der Waals surface area (Å²) in [5.74, 6) is -4.94. The van der Waals surface area contributed by atoms with E-state index < -0.39 is 34.8 Å². The molecule has 2 aromatic carbocycles. The Labute approximate surface area is 152 Å². The smallest absolute Gasteiger partial charge is 0.254 e. The minimum absolute atomic E-state index is 0.106. The average Bonchev–Trinajstić information content (AvgIpc) is 2.66. The molecule has 2 amide bonds. The molecule has 0 saturated heterocycles. The Hall–Kier alpha value is -3.23. The molecule has 9 heteroatoms. The van der Waals surface area contributed by atoms with Gasteiger partial charge in [0.1, 0.15) is 13.2 Å². The molecule has 0 atom stereocenters. The lowest BCUT2D eigenvalue weighted by Crippen LogP contribution is -2.28. The minimum Gasteiger partial charge on any atom is -0.486 e. The zero-order valence-corrected chi connectivity index (χ0v) is 14.0. The van der Waals surface area contributed by atoms with E-state index in [-0.39, 0.29) is 13.0 Å². The first kappa shape index (κ1) is 18.6. The first-order chi connectivity index (χ1) is 13.0. The van der Waals surface area contributed by atoms with E-state index in [9.17, 15) is 22.8 Å². The molecule has 0 aromatic heterocycles. The molecule has 2 N–H and O–H groups in total. The molecule has 1 aliphatic rings. The Morgan fingerprint density at radius 2 is 1.70 bits per heavy atom. The van der Waals surface area contributed by atoms with Crippen LogP contribution >= 0.6 is 0 Å². The van der Waals surface area contributed by atoms with Crippen LogP contribution in [-0.4, -0.2) is 31.6 Å². The molecule has 2 aromatic rings. The fourth-order valence-electron chi connectivity index (χ4n) is 2.43. The van der Waals surface area contributed by atoms with Crippen molar-refractivity contribution in [3.8, 4) is 11.5 Å². The highest BCUT2D eigenvalue weighted by Crippen LogP contribution is 2.32. The summed E-state index contributed by atoms with van der Waals surface area (Å²) < 4.78 is 50.4. The standard InChI is InChI=1S/C18H15F3N2O4/c19-12-3-2-11(16(20)17(12)21)18(25)22-6-5-15(24)23-10-1-4-13-14(9-10)27-8-7-26-13/h1-4,9H,5-8H2,(H,22,25)(H,23,24). The molecule has 0 fully saturated rings. The summed E-state index contributed by atoms with van der Waals surface area (Å²) in [5, 5.41) is 4.90. The van der Waals surface area contributed by atoms with Gasteiger partial charge in [-0.25, -0.2) is 13.2 Å². The predicted molar refractivity (Wildman–Crippen MR) is 89.3 cm³/mol. The van der Waals surface area contributed by atoms with Crippen LogP contribution < -0.4 is 20.1 Å². The molecule has 0 saturated carbocycles. The van der Waals surface area contributed by atoms with Gasteiger partial charge < -0.3 is 20.1 Å². The van der Waals surface area contributed by atoms with Crippen molar-refractivity contribution in [3.05, 3.63) is 53.3 Å². The summed E-state index contributed by atoms with van der Waals surface area (Å²) in [6, 6.07) is 6.40. The topological polar surface area (TPSA) is 76.7 Å². The van der Waals surface area contributed by atoms with Gasteiger partial charge in [-0.15, -0.1) is 0 Å². The lowest BCUT2D eigenvalue weighted by molar-refractivity contribution is -0.116. The second kappa shape index (κ2) is 7.98. The number of hydrogen-bond acceptors (Lipinski definition) is 4. The van der Waals surface area contributed by atoms with Crippen LogP contribution in [0.3, 0.4) is 0 Å². The van der Waals surface area contributed by atoms with Crippen LogP contribution in [0, 0.1) is 17.5 Å². The van der Waals surface area contributed by atoms with E-state index in [0.29, 0.717) is 36.5 Å². The van der Waals surface area contributed by atoms with Crippen molar-refractivity contribution < 1.29 is 32.2 Å². The van der Waals surface area contributed by atoms with E-state index in [1.54, 1.807) is 18.2 Å². The van der Waals surface area contributed by atoms with Crippen LogP contribution in [0.2, 0.25) is 0 Å². The van der Waals surface area contributed by atoms with Crippen LogP contribution in [0.4, 0.5) is 18.9 Å². The van der Waals surface area contributed by atoms with Gasteiger partial charge in [0.2, 0.25) is 5.91 Å². The first-order valence-electron chi connectivity index (χ1n) is 8.07. The summed E-state index contributed by atoms with van der Waals surface area (Å²) in [4.78, 5) is 23.8. The molecule has 0 unspecified atom stereocenters. The van der Waals surface area contributed by atoms with Crippen molar-refractivity contribution in [1.29, 1.82) is 0 Å². The van der Waals surface area contributed by atoms with Gasteiger partial charge in [-0.3, -0.25) is 9.59 Å². The molecular formula is C18H15F3N2O4. The number of hydrogen-bond donors (Lipinski definition) is 2. The van der Waals surface area contributed by atoms with E-state index in [4.69, 9.17) is 9.47 Å². The van der Waals surface area contributed by atoms with Gasteiger partial charge in [-0.1, -0.05) is 0 Å². The summed E-state index contributed by atoms with van der Waals surface area (Å²) in [5.41, 5.74) is -0.150. The molecule has 27 heavy (non-hydrogen) atoms. The number of anilines is 1. The first-order valence-corrected chi connectivity index (χ1v) is 8.07. The fraction of sp³-hybridized carbons (Fsp3) is 0.222. The summed E-state index contributed by atoms with van der Waals surface area (Å²) in [7, 11) is 0. The van der Waals surface area contributed by atoms with Gasteiger partial charge >= 0.3 is 0 Å². The maximum atomic E-state index is 13.5. The maximum absolute atomic E-state index is 13.5. The molecule has 6 nitrogen and oxygen atoms in total. The van der Waals surface area contributed by atoms with Gasteiger partial charge in [0.25, 0.3) is 5.91 Å². The van der Waals surface area contributed by atoms with Gasteiger partial charge in [0.05, 0.1) is 5.56 Å². The molecule has 0 spiro atoms. The van der Waals surface area contributed by atoms with Gasteiger partial charge in [-0.2, -0.15) is 0 Å². The van der Waals surface area contributed by atoms with E-state index in [0.717, 1.165) is 6.07 Å². The summed E-state index contributed by atoms with van der Waals surface area (Å²) in [6.07, 6.45) is -0.106. The van der Waals surface area contributed by atoms with Crippen LogP contribution in [0.1, 0.15) is 16.8 Å². The Bertz CT molecular complexity index is 889. The third-order valence-corrected chi connectivity index (χ3v) is 3.74. The third kappa shape index (κ3) is 4.30. The molecule has 1 heterocycles. The van der Waals surface area contributed by atoms with Crippen molar-refractivity contribution in [2.45, 2.75) is 6.42 Å². The van der Waals surface area contributed by atoms with Crippen LogP contribution in [0.5, 0.6) is 11.5 Å². The SMILES string of the molecule is O=C(CCNC(=O)c1ccc(F)c(F)c1F)Nc1ccc2c(c1)OCCO2. The summed E-state index contributed by atoms with van der Waals surface area (Å²) >= 11 is 0. The van der Waals surface area contributed by atoms with Crippen LogP contribution in [0.25, 0.3) is 0 Å². The Kier molecular flexibility index (Phi) is 5.49. The van der Waals surface area contributed by atoms with Crippen LogP contribution in [0.15, 0.2) is 30.3 Å². The lowest BCUT2D eigenvalue weighted by Gasteiger charge is -2.19. The molecule has 142 valence electrons. The van der Waals surface area contributed by atoms with Crippen molar-refractivity contribution >= 4 is 17.5 Å². The van der Waals surface area contributed by atoms with E-state index in [2.05, 4.69) is 10.6 Å². The number of benzene rings is 2. The second-order valence-electron chi connectivity index (χ2n) is 5.64.